The molecule has 1 heterocycles. The molecule has 0 aliphatic rings. The maximum atomic E-state index is 6.20. The van der Waals surface area contributed by atoms with Crippen molar-refractivity contribution in [3.8, 4) is 17.2 Å². The van der Waals surface area contributed by atoms with E-state index in [1.165, 1.54) is 5.56 Å². The second kappa shape index (κ2) is 8.11. The van der Waals surface area contributed by atoms with Crippen LogP contribution >= 0.6 is 0 Å². The van der Waals surface area contributed by atoms with Crippen LogP contribution < -0.4 is 4.74 Å². The lowest BCUT2D eigenvalue weighted by molar-refractivity contribution is 0.282. The molecule has 0 bridgehead atoms. The van der Waals surface area contributed by atoms with Gasteiger partial charge in [-0.1, -0.05) is 51.1 Å². The Morgan fingerprint density at radius 3 is 2.40 bits per heavy atom. The van der Waals surface area contributed by atoms with Gasteiger partial charge in [-0.2, -0.15) is 0 Å². The van der Waals surface area contributed by atoms with Crippen molar-refractivity contribution in [2.24, 2.45) is 0 Å². The highest BCUT2D eigenvalue weighted by atomic mass is 16.5. The topological polar surface area (TPSA) is 38.5 Å². The monoisotopic (exact) mass is 402 g/mol. The molecular formula is C26H30N2O2. The van der Waals surface area contributed by atoms with Crippen LogP contribution in [0.5, 0.6) is 5.75 Å². The molecule has 30 heavy (non-hydrogen) atoms. The quantitative estimate of drug-likeness (QED) is 0.356. The van der Waals surface area contributed by atoms with E-state index in [9.17, 15) is 0 Å². The molecule has 0 saturated heterocycles. The minimum absolute atomic E-state index is 0.0664. The molecular weight excluding hydrogens is 372 g/mol. The molecule has 0 atom stereocenters. The summed E-state index contributed by atoms with van der Waals surface area (Å²) in [5.74, 6) is 1.42. The molecule has 4 nitrogen and oxygen atoms in total. The van der Waals surface area contributed by atoms with Crippen LogP contribution in [0.1, 0.15) is 32.8 Å². The Hall–Kier alpha value is -2.85. The second-order valence-corrected chi connectivity index (χ2v) is 9.15. The largest absolute Gasteiger partial charge is 0.493 e. The van der Waals surface area contributed by atoms with E-state index in [0.717, 1.165) is 46.2 Å². The minimum atomic E-state index is 0.0664. The van der Waals surface area contributed by atoms with Gasteiger partial charge in [-0.05, 0) is 66.5 Å². The molecule has 0 aliphatic carbocycles. The van der Waals surface area contributed by atoms with Crippen molar-refractivity contribution in [1.29, 1.82) is 0 Å². The molecule has 4 heteroatoms. The van der Waals surface area contributed by atoms with Crippen molar-refractivity contribution in [3.05, 3.63) is 60.2 Å². The fourth-order valence-corrected chi connectivity index (χ4v) is 3.58. The molecule has 0 aliphatic heterocycles. The van der Waals surface area contributed by atoms with Gasteiger partial charge in [0.1, 0.15) is 11.3 Å². The third-order valence-electron chi connectivity index (χ3n) is 5.34. The number of ether oxygens (including phenoxy) is 1. The van der Waals surface area contributed by atoms with Gasteiger partial charge in [-0.3, -0.25) is 0 Å². The van der Waals surface area contributed by atoms with Crippen LogP contribution in [0, 0.1) is 0 Å². The molecule has 4 aromatic rings. The van der Waals surface area contributed by atoms with Gasteiger partial charge in [0.05, 0.1) is 12.2 Å². The van der Waals surface area contributed by atoms with E-state index in [2.05, 4.69) is 76.2 Å². The first-order valence-electron chi connectivity index (χ1n) is 10.5. The fourth-order valence-electron chi connectivity index (χ4n) is 3.58. The Morgan fingerprint density at radius 1 is 0.967 bits per heavy atom. The van der Waals surface area contributed by atoms with E-state index in [4.69, 9.17) is 14.1 Å². The normalized spacial score (nSPS) is 12.2. The zero-order chi connectivity index (χ0) is 21.3. The predicted molar refractivity (Wildman–Crippen MR) is 124 cm³/mol. The van der Waals surface area contributed by atoms with Gasteiger partial charge in [0.25, 0.3) is 0 Å². The summed E-state index contributed by atoms with van der Waals surface area (Å²) in [6, 6.07) is 18.8. The summed E-state index contributed by atoms with van der Waals surface area (Å²) in [5.41, 5.74) is 3.88. The molecule has 0 amide bonds. The number of fused-ring (bicyclic) bond motifs is 2. The summed E-state index contributed by atoms with van der Waals surface area (Å²) in [4.78, 5) is 6.99. The van der Waals surface area contributed by atoms with Crippen LogP contribution in [-0.4, -0.2) is 37.1 Å². The Balaban J connectivity index is 1.75. The Kier molecular flexibility index (Phi) is 5.52. The number of hydrogen-bond donors (Lipinski definition) is 0. The third-order valence-corrected chi connectivity index (χ3v) is 5.34. The average molecular weight is 403 g/mol. The summed E-state index contributed by atoms with van der Waals surface area (Å²) in [6.45, 7) is 8.26. The van der Waals surface area contributed by atoms with E-state index in [0.29, 0.717) is 12.5 Å². The number of hydrogen-bond acceptors (Lipinski definition) is 4. The van der Waals surface area contributed by atoms with Crippen molar-refractivity contribution < 1.29 is 9.15 Å². The first-order valence-corrected chi connectivity index (χ1v) is 10.5. The van der Waals surface area contributed by atoms with Crippen molar-refractivity contribution >= 4 is 21.9 Å². The minimum Gasteiger partial charge on any atom is -0.493 e. The first kappa shape index (κ1) is 20.4. The van der Waals surface area contributed by atoms with Gasteiger partial charge in [-0.25, -0.2) is 4.98 Å². The maximum absolute atomic E-state index is 6.20. The van der Waals surface area contributed by atoms with E-state index in [-0.39, 0.29) is 5.41 Å². The standard InChI is InChI=1S/C26H30N2O2/c1-26(2,3)20-11-12-23-22(17-20)27-25(30-23)21-15-18-9-6-7-10-19(18)16-24(21)29-14-8-13-28(4)5/h6-7,9-12,15-17H,8,13-14H2,1-5H3. The summed E-state index contributed by atoms with van der Waals surface area (Å²) in [7, 11) is 4.15. The third kappa shape index (κ3) is 4.34. The number of aromatic nitrogens is 1. The number of rotatable bonds is 6. The van der Waals surface area contributed by atoms with Gasteiger partial charge in [0.15, 0.2) is 5.58 Å². The lowest BCUT2D eigenvalue weighted by atomic mass is 9.87. The zero-order valence-corrected chi connectivity index (χ0v) is 18.5. The van der Waals surface area contributed by atoms with Crippen LogP contribution in [0.25, 0.3) is 33.3 Å². The number of nitrogens with zero attached hydrogens (tertiary/aromatic N) is 2. The van der Waals surface area contributed by atoms with Gasteiger partial charge in [0, 0.05) is 6.54 Å². The van der Waals surface area contributed by atoms with E-state index in [1.54, 1.807) is 0 Å². The van der Waals surface area contributed by atoms with Crippen molar-refractivity contribution in [1.82, 2.24) is 9.88 Å². The number of benzene rings is 3. The average Bonchev–Trinajstić information content (AvgIpc) is 3.13. The lowest BCUT2D eigenvalue weighted by Crippen LogP contribution is -2.15. The van der Waals surface area contributed by atoms with E-state index >= 15 is 0 Å². The molecule has 156 valence electrons. The number of oxazole rings is 1. The van der Waals surface area contributed by atoms with Crippen LogP contribution in [-0.2, 0) is 5.41 Å². The van der Waals surface area contributed by atoms with E-state index < -0.39 is 0 Å². The maximum Gasteiger partial charge on any atom is 0.231 e. The van der Waals surface area contributed by atoms with E-state index in [1.807, 2.05) is 18.2 Å². The molecule has 0 saturated carbocycles. The highest BCUT2D eigenvalue weighted by molar-refractivity contribution is 5.90. The van der Waals surface area contributed by atoms with Crippen LogP contribution in [0.3, 0.4) is 0 Å². The Labute approximate surface area is 178 Å². The molecule has 4 rings (SSSR count). The van der Waals surface area contributed by atoms with Crippen LogP contribution in [0.4, 0.5) is 0 Å². The molecule has 0 unspecified atom stereocenters. The first-order chi connectivity index (χ1) is 14.3. The highest BCUT2D eigenvalue weighted by Crippen LogP contribution is 2.36. The Bertz CT molecular complexity index is 1170. The van der Waals surface area contributed by atoms with Crippen molar-refractivity contribution in [3.63, 3.8) is 0 Å². The van der Waals surface area contributed by atoms with Gasteiger partial charge >= 0.3 is 0 Å². The zero-order valence-electron chi connectivity index (χ0n) is 18.5. The lowest BCUT2D eigenvalue weighted by Gasteiger charge is -2.18. The smallest absolute Gasteiger partial charge is 0.231 e. The molecule has 1 aromatic heterocycles. The summed E-state index contributed by atoms with van der Waals surface area (Å²) in [6.07, 6.45) is 0.960. The van der Waals surface area contributed by atoms with Gasteiger partial charge < -0.3 is 14.1 Å². The summed E-state index contributed by atoms with van der Waals surface area (Å²) >= 11 is 0. The molecule has 0 radical (unpaired) electrons. The highest BCUT2D eigenvalue weighted by Gasteiger charge is 2.18. The van der Waals surface area contributed by atoms with Gasteiger partial charge in [0.2, 0.25) is 5.89 Å². The van der Waals surface area contributed by atoms with Crippen molar-refractivity contribution in [2.45, 2.75) is 32.6 Å². The predicted octanol–water partition coefficient (Wildman–Crippen LogP) is 6.28. The van der Waals surface area contributed by atoms with Crippen molar-refractivity contribution in [2.75, 3.05) is 27.2 Å². The van der Waals surface area contributed by atoms with Gasteiger partial charge in [-0.15, -0.1) is 0 Å². The second-order valence-electron chi connectivity index (χ2n) is 9.15. The molecule has 0 N–H and O–H groups in total. The molecule has 0 fully saturated rings. The van der Waals surface area contributed by atoms with Crippen LogP contribution in [0.2, 0.25) is 0 Å². The molecule has 3 aromatic carbocycles. The SMILES string of the molecule is CN(C)CCCOc1cc2ccccc2cc1-c1nc2cc(C(C)(C)C)ccc2o1. The van der Waals surface area contributed by atoms with Crippen LogP contribution in [0.15, 0.2) is 59.0 Å². The molecule has 0 spiro atoms. The fraction of sp³-hybridized carbons (Fsp3) is 0.346. The Morgan fingerprint density at radius 2 is 1.70 bits per heavy atom. The summed E-state index contributed by atoms with van der Waals surface area (Å²) in [5, 5.41) is 2.29. The summed E-state index contributed by atoms with van der Waals surface area (Å²) < 4.78 is 12.4.